The van der Waals surface area contributed by atoms with E-state index in [1.54, 1.807) is 30.3 Å². The number of carbonyl (C=O) groups is 1. The van der Waals surface area contributed by atoms with Crippen molar-refractivity contribution in [2.24, 2.45) is 0 Å². The van der Waals surface area contributed by atoms with Gasteiger partial charge in [-0.25, -0.2) is 0 Å². The lowest BCUT2D eigenvalue weighted by Gasteiger charge is -2.16. The topological polar surface area (TPSA) is 47.6 Å². The van der Waals surface area contributed by atoms with Crippen LogP contribution in [0.25, 0.3) is 0 Å². The van der Waals surface area contributed by atoms with Crippen LogP contribution in [0.4, 0.5) is 13.2 Å². The van der Waals surface area contributed by atoms with E-state index < -0.39 is 18.0 Å². The van der Waals surface area contributed by atoms with Gasteiger partial charge >= 0.3 is 6.36 Å². The van der Waals surface area contributed by atoms with Crippen LogP contribution in [0.5, 0.6) is 17.2 Å². The molecule has 0 saturated carbocycles. The van der Waals surface area contributed by atoms with Crippen LogP contribution in [0.2, 0.25) is 0 Å². The largest absolute Gasteiger partial charge is 0.573 e. The molecule has 0 atom stereocenters. The lowest BCUT2D eigenvalue weighted by molar-refractivity contribution is -0.275. The minimum atomic E-state index is -4.89. The number of amides is 1. The summed E-state index contributed by atoms with van der Waals surface area (Å²) in [4.78, 5) is 11.8. The number of nitrogens with one attached hydrogen (secondary N) is 1. The standard InChI is InChI=1S/C15H12F3NO3/c1-19-14(20)11-8-5-9-12(22-15(16,17)18)13(11)21-10-6-3-2-4-7-10/h2-9H,1H3,(H,19,20). The summed E-state index contributed by atoms with van der Waals surface area (Å²) >= 11 is 0. The fourth-order valence-electron chi connectivity index (χ4n) is 1.75. The van der Waals surface area contributed by atoms with Crippen molar-refractivity contribution >= 4 is 5.91 Å². The summed E-state index contributed by atoms with van der Waals surface area (Å²) in [6.45, 7) is 0. The van der Waals surface area contributed by atoms with E-state index in [0.29, 0.717) is 0 Å². The van der Waals surface area contributed by atoms with E-state index in [4.69, 9.17) is 4.74 Å². The van der Waals surface area contributed by atoms with Gasteiger partial charge in [0.25, 0.3) is 5.91 Å². The number of para-hydroxylation sites is 2. The average molecular weight is 311 g/mol. The summed E-state index contributed by atoms with van der Waals surface area (Å²) in [5.74, 6) is -1.19. The van der Waals surface area contributed by atoms with Gasteiger partial charge in [-0.05, 0) is 24.3 Å². The number of halogens is 3. The van der Waals surface area contributed by atoms with Crippen LogP contribution < -0.4 is 14.8 Å². The summed E-state index contributed by atoms with van der Waals surface area (Å²) < 4.78 is 46.8. The molecule has 4 nitrogen and oxygen atoms in total. The van der Waals surface area contributed by atoms with Crippen molar-refractivity contribution in [3.63, 3.8) is 0 Å². The highest BCUT2D eigenvalue weighted by atomic mass is 19.4. The molecule has 7 heteroatoms. The molecule has 2 aromatic carbocycles. The highest BCUT2D eigenvalue weighted by molar-refractivity contribution is 5.97. The second-order valence-corrected chi connectivity index (χ2v) is 4.17. The smallest absolute Gasteiger partial charge is 0.453 e. The first-order valence-electron chi connectivity index (χ1n) is 6.24. The minimum absolute atomic E-state index is 0.0619. The molecule has 0 radical (unpaired) electrons. The molecule has 0 unspecified atom stereocenters. The molecule has 0 aliphatic heterocycles. The van der Waals surface area contributed by atoms with E-state index in [1.165, 1.54) is 19.2 Å². The van der Waals surface area contributed by atoms with E-state index >= 15 is 0 Å². The molecule has 0 fully saturated rings. The molecule has 0 aromatic heterocycles. The average Bonchev–Trinajstić information content (AvgIpc) is 2.48. The first-order valence-corrected chi connectivity index (χ1v) is 6.24. The zero-order valence-corrected chi connectivity index (χ0v) is 11.5. The Labute approximate surface area is 124 Å². The molecule has 2 rings (SSSR count). The second kappa shape index (κ2) is 6.38. The van der Waals surface area contributed by atoms with Crippen molar-refractivity contribution in [2.45, 2.75) is 6.36 Å². The third-order valence-electron chi connectivity index (χ3n) is 2.64. The van der Waals surface area contributed by atoms with Gasteiger partial charge in [0, 0.05) is 7.05 Å². The van der Waals surface area contributed by atoms with Gasteiger partial charge in [-0.1, -0.05) is 24.3 Å². The van der Waals surface area contributed by atoms with Crippen LogP contribution in [-0.2, 0) is 0 Å². The summed E-state index contributed by atoms with van der Waals surface area (Å²) in [7, 11) is 1.37. The maximum atomic E-state index is 12.5. The van der Waals surface area contributed by atoms with Gasteiger partial charge in [-0.15, -0.1) is 13.2 Å². The zero-order chi connectivity index (χ0) is 16.2. The Morgan fingerprint density at radius 1 is 1.05 bits per heavy atom. The van der Waals surface area contributed by atoms with E-state index in [2.05, 4.69) is 10.1 Å². The maximum Gasteiger partial charge on any atom is 0.573 e. The molecule has 0 spiro atoms. The Kier molecular flexibility index (Phi) is 4.55. The maximum absolute atomic E-state index is 12.5. The number of benzene rings is 2. The Hall–Kier alpha value is -2.70. The molecule has 0 aliphatic rings. The Morgan fingerprint density at radius 2 is 1.73 bits per heavy atom. The van der Waals surface area contributed by atoms with Gasteiger partial charge in [0.2, 0.25) is 0 Å². The predicted octanol–water partition coefficient (Wildman–Crippen LogP) is 3.74. The first kappa shape index (κ1) is 15.7. The highest BCUT2D eigenvalue weighted by Gasteiger charge is 2.33. The van der Waals surface area contributed by atoms with E-state index in [-0.39, 0.29) is 17.1 Å². The molecule has 0 heterocycles. The number of rotatable bonds is 4. The summed E-state index contributed by atoms with van der Waals surface area (Å²) in [5.41, 5.74) is -0.0619. The Morgan fingerprint density at radius 3 is 2.32 bits per heavy atom. The normalized spacial score (nSPS) is 10.9. The number of alkyl halides is 3. The van der Waals surface area contributed by atoms with Crippen molar-refractivity contribution in [3.05, 3.63) is 54.1 Å². The minimum Gasteiger partial charge on any atom is -0.453 e. The molecular formula is C15H12F3NO3. The van der Waals surface area contributed by atoms with Crippen molar-refractivity contribution in [1.29, 1.82) is 0 Å². The number of hydrogen-bond acceptors (Lipinski definition) is 3. The van der Waals surface area contributed by atoms with Gasteiger partial charge in [0.15, 0.2) is 11.5 Å². The molecule has 116 valence electrons. The highest BCUT2D eigenvalue weighted by Crippen LogP contribution is 2.38. The van der Waals surface area contributed by atoms with Crippen molar-refractivity contribution in [1.82, 2.24) is 5.32 Å². The molecule has 0 aliphatic carbocycles. The third kappa shape index (κ3) is 3.91. The quantitative estimate of drug-likeness (QED) is 0.936. The number of hydrogen-bond donors (Lipinski definition) is 1. The summed E-state index contributed by atoms with van der Waals surface area (Å²) in [6, 6.07) is 11.9. The Bertz CT molecular complexity index is 657. The fourth-order valence-corrected chi connectivity index (χ4v) is 1.75. The van der Waals surface area contributed by atoms with Crippen LogP contribution in [0.3, 0.4) is 0 Å². The Balaban J connectivity index is 2.47. The summed E-state index contributed by atoms with van der Waals surface area (Å²) in [6.07, 6.45) is -4.89. The van der Waals surface area contributed by atoms with Gasteiger partial charge in [-0.2, -0.15) is 0 Å². The fraction of sp³-hybridized carbons (Fsp3) is 0.133. The van der Waals surface area contributed by atoms with Crippen LogP contribution in [0, 0.1) is 0 Å². The number of carbonyl (C=O) groups excluding carboxylic acids is 1. The van der Waals surface area contributed by atoms with Crippen LogP contribution in [0.15, 0.2) is 48.5 Å². The SMILES string of the molecule is CNC(=O)c1cccc(OC(F)(F)F)c1Oc1ccccc1. The van der Waals surface area contributed by atoms with Crippen LogP contribution in [0.1, 0.15) is 10.4 Å². The van der Waals surface area contributed by atoms with Crippen LogP contribution >= 0.6 is 0 Å². The van der Waals surface area contributed by atoms with Crippen LogP contribution in [-0.4, -0.2) is 19.3 Å². The molecular weight excluding hydrogens is 299 g/mol. The van der Waals surface area contributed by atoms with Gasteiger partial charge in [-0.3, -0.25) is 4.79 Å². The summed E-state index contributed by atoms with van der Waals surface area (Å²) in [5, 5.41) is 2.34. The van der Waals surface area contributed by atoms with Gasteiger partial charge < -0.3 is 14.8 Å². The molecule has 0 bridgehead atoms. The van der Waals surface area contributed by atoms with Crippen molar-refractivity contribution < 1.29 is 27.4 Å². The monoisotopic (exact) mass is 311 g/mol. The van der Waals surface area contributed by atoms with Crippen molar-refractivity contribution in [3.8, 4) is 17.2 Å². The zero-order valence-electron chi connectivity index (χ0n) is 11.5. The predicted molar refractivity (Wildman–Crippen MR) is 73.0 cm³/mol. The molecule has 1 N–H and O–H groups in total. The first-order chi connectivity index (χ1) is 10.4. The molecule has 22 heavy (non-hydrogen) atoms. The van der Waals surface area contributed by atoms with E-state index in [0.717, 1.165) is 6.07 Å². The lowest BCUT2D eigenvalue weighted by atomic mass is 10.1. The third-order valence-corrected chi connectivity index (χ3v) is 2.64. The lowest BCUT2D eigenvalue weighted by Crippen LogP contribution is -2.21. The van der Waals surface area contributed by atoms with Gasteiger partial charge in [0.05, 0.1) is 5.56 Å². The van der Waals surface area contributed by atoms with Gasteiger partial charge in [0.1, 0.15) is 5.75 Å². The molecule has 0 saturated heterocycles. The van der Waals surface area contributed by atoms with E-state index in [1.807, 2.05) is 0 Å². The second-order valence-electron chi connectivity index (χ2n) is 4.17. The van der Waals surface area contributed by atoms with E-state index in [9.17, 15) is 18.0 Å². The molecule has 1 amide bonds. The molecule has 2 aromatic rings. The van der Waals surface area contributed by atoms with Crippen molar-refractivity contribution in [2.75, 3.05) is 7.05 Å². The number of ether oxygens (including phenoxy) is 2.